The maximum absolute atomic E-state index is 13.4. The highest BCUT2D eigenvalue weighted by molar-refractivity contribution is 5.15. The van der Waals surface area contributed by atoms with Gasteiger partial charge < -0.3 is 4.74 Å². The Morgan fingerprint density at radius 3 is 1.12 bits per heavy atom. The first kappa shape index (κ1) is 28.7. The second kappa shape index (κ2) is 7.31. The van der Waals surface area contributed by atoms with Crippen LogP contribution in [0, 0.1) is 5.92 Å². The zero-order valence-electron chi connectivity index (χ0n) is 14.0. The average molecular weight is 526 g/mol. The van der Waals surface area contributed by atoms with Gasteiger partial charge in [-0.25, -0.2) is 4.39 Å². The van der Waals surface area contributed by atoms with E-state index in [0.29, 0.717) is 0 Å². The van der Waals surface area contributed by atoms with Gasteiger partial charge in [-0.05, 0) is 0 Å². The highest BCUT2D eigenvalue weighted by Gasteiger charge is 2.92. The number of rotatable bonds is 8. The minimum absolute atomic E-state index is 1.54. The maximum Gasteiger partial charge on any atom is 0.403 e. The van der Waals surface area contributed by atoms with Crippen molar-refractivity contribution in [3.8, 4) is 0 Å². The normalized spacial score (nSPS) is 21.2. The Kier molecular flexibility index (Phi) is 6.55. The Morgan fingerprint density at radius 1 is 0.531 bits per heavy atom. The number of epoxide rings is 1. The zero-order chi connectivity index (χ0) is 26.1. The summed E-state index contributed by atoms with van der Waals surface area (Å²) in [6.07, 6.45) is -24.3. The molecule has 0 aromatic heterocycles. The van der Waals surface area contributed by atoms with Crippen molar-refractivity contribution in [1.82, 2.24) is 0 Å². The van der Waals surface area contributed by atoms with Crippen LogP contribution >= 0.6 is 0 Å². The van der Waals surface area contributed by atoms with Gasteiger partial charge >= 0.3 is 47.9 Å². The van der Waals surface area contributed by atoms with Gasteiger partial charge in [0.2, 0.25) is 0 Å². The van der Waals surface area contributed by atoms with E-state index in [1.165, 1.54) is 0 Å². The summed E-state index contributed by atoms with van der Waals surface area (Å²) in [6.45, 7) is -1.54. The molecule has 2 atom stereocenters. The van der Waals surface area contributed by atoms with Crippen molar-refractivity contribution < 1.29 is 88.2 Å². The Labute approximate surface area is 162 Å². The van der Waals surface area contributed by atoms with E-state index < -0.39 is 72.7 Å². The van der Waals surface area contributed by atoms with Crippen molar-refractivity contribution >= 4 is 0 Å². The predicted molar refractivity (Wildman–Crippen MR) is 59.9 cm³/mol. The SMILES string of the molecule is FC(C(C(F)(F)F)C(F)(F)F)C(F)(F)C(F)(F)C(F)(F)C(F)(F)C(F)(F)C(F)(F)C1CO1. The lowest BCUT2D eigenvalue weighted by atomic mass is 9.85. The fraction of sp³-hybridized carbons (Fsp3) is 1.00. The van der Waals surface area contributed by atoms with Crippen molar-refractivity contribution in [2.24, 2.45) is 5.92 Å². The Bertz CT molecular complexity index is 669. The molecule has 0 bridgehead atoms. The zero-order valence-corrected chi connectivity index (χ0v) is 14.0. The van der Waals surface area contributed by atoms with E-state index >= 15 is 0 Å². The molecule has 0 spiro atoms. The Hall–Kier alpha value is -1.37. The van der Waals surface area contributed by atoms with Crippen LogP contribution in [0.2, 0.25) is 0 Å². The maximum atomic E-state index is 13.4. The molecule has 0 N–H and O–H groups in total. The van der Waals surface area contributed by atoms with Gasteiger partial charge in [-0.3, -0.25) is 0 Å². The van der Waals surface area contributed by atoms with Crippen molar-refractivity contribution in [2.75, 3.05) is 6.61 Å². The molecule has 0 aliphatic carbocycles. The molecule has 0 aromatic rings. The topological polar surface area (TPSA) is 12.5 Å². The van der Waals surface area contributed by atoms with Crippen LogP contribution in [0.1, 0.15) is 0 Å². The van der Waals surface area contributed by atoms with Gasteiger partial charge in [0.15, 0.2) is 18.2 Å². The average Bonchev–Trinajstić information content (AvgIpc) is 3.36. The van der Waals surface area contributed by atoms with Crippen LogP contribution < -0.4 is 0 Å². The summed E-state index contributed by atoms with van der Waals surface area (Å²) in [5.41, 5.74) is 0. The van der Waals surface area contributed by atoms with E-state index in [-0.39, 0.29) is 0 Å². The third-order valence-corrected chi connectivity index (χ3v) is 4.10. The smallest absolute Gasteiger partial charge is 0.366 e. The minimum atomic E-state index is -8.53. The van der Waals surface area contributed by atoms with Gasteiger partial charge in [-0.2, -0.15) is 79.0 Å². The first-order chi connectivity index (χ1) is 13.6. The van der Waals surface area contributed by atoms with Crippen molar-refractivity contribution in [2.45, 2.75) is 60.2 Å². The summed E-state index contributed by atoms with van der Waals surface area (Å²) in [5.74, 6) is -53.8. The van der Waals surface area contributed by atoms with Crippen LogP contribution in [-0.4, -0.2) is 66.8 Å². The fourth-order valence-electron chi connectivity index (χ4n) is 2.17. The third kappa shape index (κ3) is 3.92. The lowest BCUT2D eigenvalue weighted by Gasteiger charge is -2.42. The summed E-state index contributed by atoms with van der Waals surface area (Å²) in [6, 6.07) is 0. The summed E-state index contributed by atoms with van der Waals surface area (Å²) in [5, 5.41) is 0. The predicted octanol–water partition coefficient (Wildman–Crippen LogP) is 6.28. The van der Waals surface area contributed by atoms with E-state index in [9.17, 15) is 83.4 Å². The molecule has 2 unspecified atom stereocenters. The Balaban J connectivity index is 3.59. The molecular formula is C12H5F19O. The van der Waals surface area contributed by atoms with Gasteiger partial charge in [0, 0.05) is 0 Å². The lowest BCUT2D eigenvalue weighted by molar-refractivity contribution is -0.436. The quantitative estimate of drug-likeness (QED) is 0.268. The molecule has 32 heavy (non-hydrogen) atoms. The highest BCUT2D eigenvalue weighted by Crippen LogP contribution is 2.63. The third-order valence-electron chi connectivity index (χ3n) is 4.10. The van der Waals surface area contributed by atoms with Crippen molar-refractivity contribution in [3.05, 3.63) is 0 Å². The monoisotopic (exact) mass is 526 g/mol. The Morgan fingerprint density at radius 2 is 0.844 bits per heavy atom. The summed E-state index contributed by atoms with van der Waals surface area (Å²) < 4.78 is 251. The fourth-order valence-corrected chi connectivity index (χ4v) is 2.17. The first-order valence-electron chi connectivity index (χ1n) is 7.29. The van der Waals surface area contributed by atoms with Crippen LogP contribution in [0.15, 0.2) is 0 Å². The van der Waals surface area contributed by atoms with E-state index in [1.54, 1.807) is 0 Å². The van der Waals surface area contributed by atoms with Gasteiger partial charge in [0.05, 0.1) is 6.61 Å². The number of ether oxygens (including phenoxy) is 1. The van der Waals surface area contributed by atoms with Gasteiger partial charge in [0.25, 0.3) is 0 Å². The lowest BCUT2D eigenvalue weighted by Crippen LogP contribution is -2.73. The van der Waals surface area contributed by atoms with Crippen LogP contribution in [-0.2, 0) is 4.74 Å². The number of hydrogen-bond acceptors (Lipinski definition) is 1. The van der Waals surface area contributed by atoms with Crippen LogP contribution in [0.5, 0.6) is 0 Å². The molecule has 0 aromatic carbocycles. The van der Waals surface area contributed by atoms with E-state index in [4.69, 9.17) is 0 Å². The molecule has 192 valence electrons. The van der Waals surface area contributed by atoms with Gasteiger partial charge in [-0.1, -0.05) is 0 Å². The molecule has 0 saturated carbocycles. The molecule has 1 heterocycles. The van der Waals surface area contributed by atoms with E-state index in [2.05, 4.69) is 4.74 Å². The largest absolute Gasteiger partial charge is 0.403 e. The van der Waals surface area contributed by atoms with Crippen LogP contribution in [0.4, 0.5) is 83.4 Å². The molecule has 20 heteroatoms. The molecule has 1 aliphatic heterocycles. The molecule has 1 fully saturated rings. The molecule has 0 radical (unpaired) electrons. The van der Waals surface area contributed by atoms with Crippen molar-refractivity contribution in [3.63, 3.8) is 0 Å². The first-order valence-corrected chi connectivity index (χ1v) is 7.29. The van der Waals surface area contributed by atoms with E-state index in [1.807, 2.05) is 0 Å². The second-order valence-corrected chi connectivity index (χ2v) is 6.33. The molecule has 1 aliphatic rings. The van der Waals surface area contributed by atoms with Crippen LogP contribution in [0.3, 0.4) is 0 Å². The van der Waals surface area contributed by atoms with Crippen molar-refractivity contribution in [1.29, 1.82) is 0 Å². The highest BCUT2D eigenvalue weighted by atomic mass is 19.4. The minimum Gasteiger partial charge on any atom is -0.366 e. The standard InChI is InChI=1S/C12H5F19O/c13-4(3(7(18,19)20)8(21,22)23)6(16,17)10(26,27)12(30,31)11(28,29)9(24,25)5(14,15)2-1-32-2/h2-4H,1H2. The second-order valence-electron chi connectivity index (χ2n) is 6.33. The summed E-state index contributed by atoms with van der Waals surface area (Å²) >= 11 is 0. The number of halogens is 19. The van der Waals surface area contributed by atoms with Gasteiger partial charge in [0.1, 0.15) is 0 Å². The molecule has 1 nitrogen and oxygen atoms in total. The molecule has 0 amide bonds. The van der Waals surface area contributed by atoms with Crippen LogP contribution in [0.25, 0.3) is 0 Å². The van der Waals surface area contributed by atoms with Gasteiger partial charge in [-0.15, -0.1) is 0 Å². The molecule has 1 saturated heterocycles. The summed E-state index contributed by atoms with van der Waals surface area (Å²) in [4.78, 5) is 0. The summed E-state index contributed by atoms with van der Waals surface area (Å²) in [7, 11) is 0. The molecule has 1 rings (SSSR count). The number of hydrogen-bond donors (Lipinski definition) is 0. The van der Waals surface area contributed by atoms with E-state index in [0.717, 1.165) is 0 Å². The number of alkyl halides is 19. The molecular weight excluding hydrogens is 521 g/mol.